The maximum Gasteiger partial charge on any atom is 0.304 e. The van der Waals surface area contributed by atoms with Gasteiger partial charge in [-0.25, -0.2) is 0 Å². The van der Waals surface area contributed by atoms with Gasteiger partial charge in [-0.1, -0.05) is 38.3 Å². The van der Waals surface area contributed by atoms with Gasteiger partial charge in [-0.15, -0.1) is 0 Å². The van der Waals surface area contributed by atoms with Crippen molar-refractivity contribution in [1.82, 2.24) is 0 Å². The van der Waals surface area contributed by atoms with Crippen molar-refractivity contribution in [3.8, 4) is 0 Å². The third kappa shape index (κ3) is 7.38. The molecular formula is C20H29NO4S. The average Bonchev–Trinajstić information content (AvgIpc) is 2.64. The number of benzene rings is 1. The van der Waals surface area contributed by atoms with Crippen molar-refractivity contribution in [2.45, 2.75) is 69.8 Å². The number of carbonyl (C=O) groups excluding carboxylic acids is 1. The third-order valence-corrected chi connectivity index (χ3v) is 5.53. The highest BCUT2D eigenvalue weighted by atomic mass is 32.2. The molecule has 1 aromatic carbocycles. The fraction of sp³-hybridized carbons (Fsp3) is 0.600. The van der Waals surface area contributed by atoms with E-state index >= 15 is 0 Å². The molecule has 1 unspecified atom stereocenters. The second-order valence-electron chi connectivity index (χ2n) is 6.68. The van der Waals surface area contributed by atoms with Gasteiger partial charge in [0, 0.05) is 17.2 Å². The number of carboxylic acid groups (broad SMARTS) is 1. The fourth-order valence-corrected chi connectivity index (χ4v) is 3.97. The van der Waals surface area contributed by atoms with Gasteiger partial charge in [0.2, 0.25) is 0 Å². The Kier molecular flexibility index (Phi) is 8.98. The van der Waals surface area contributed by atoms with Crippen LogP contribution in [-0.2, 0) is 20.1 Å². The van der Waals surface area contributed by atoms with Crippen LogP contribution in [0.4, 0.5) is 5.69 Å². The van der Waals surface area contributed by atoms with Gasteiger partial charge in [-0.2, -0.15) is 11.8 Å². The number of nitrogens with one attached hydrogen (secondary N) is 1. The van der Waals surface area contributed by atoms with E-state index in [1.165, 1.54) is 19.3 Å². The van der Waals surface area contributed by atoms with E-state index in [9.17, 15) is 9.59 Å². The van der Waals surface area contributed by atoms with Gasteiger partial charge in [0.1, 0.15) is 6.10 Å². The van der Waals surface area contributed by atoms with Gasteiger partial charge in [0.25, 0.3) is 5.91 Å². The quantitative estimate of drug-likeness (QED) is 0.587. The van der Waals surface area contributed by atoms with Crippen LogP contribution in [0.3, 0.4) is 0 Å². The van der Waals surface area contributed by atoms with Gasteiger partial charge in [-0.05, 0) is 37.0 Å². The van der Waals surface area contributed by atoms with E-state index < -0.39 is 12.1 Å². The van der Waals surface area contributed by atoms with E-state index in [-0.39, 0.29) is 18.4 Å². The number of carboxylic acids is 1. The molecule has 1 fully saturated rings. The van der Waals surface area contributed by atoms with Gasteiger partial charge in [0.05, 0.1) is 12.5 Å². The molecule has 6 heteroatoms. The average molecular weight is 380 g/mol. The molecule has 5 nitrogen and oxygen atoms in total. The Morgan fingerprint density at radius 2 is 2.08 bits per heavy atom. The van der Waals surface area contributed by atoms with Crippen LogP contribution in [0, 0.1) is 0 Å². The number of hydrogen-bond donors (Lipinski definition) is 2. The van der Waals surface area contributed by atoms with E-state index in [4.69, 9.17) is 9.84 Å². The molecule has 1 aliphatic carbocycles. The zero-order chi connectivity index (χ0) is 18.8. The van der Waals surface area contributed by atoms with Crippen molar-refractivity contribution < 1.29 is 19.4 Å². The molecule has 26 heavy (non-hydrogen) atoms. The summed E-state index contributed by atoms with van der Waals surface area (Å²) in [5.41, 5.74) is 1.83. The first-order valence-electron chi connectivity index (χ1n) is 9.43. The normalized spacial score (nSPS) is 16.2. The van der Waals surface area contributed by atoms with Crippen LogP contribution in [0.5, 0.6) is 0 Å². The maximum absolute atomic E-state index is 12.6. The predicted molar refractivity (Wildman–Crippen MR) is 106 cm³/mol. The molecule has 0 radical (unpaired) electrons. The number of amides is 1. The number of ether oxygens (including phenoxy) is 1. The summed E-state index contributed by atoms with van der Waals surface area (Å²) in [6.45, 7) is 1.97. The summed E-state index contributed by atoms with van der Waals surface area (Å²) >= 11 is 1.58. The lowest BCUT2D eigenvalue weighted by Crippen LogP contribution is -2.34. The minimum absolute atomic E-state index is 0.0891. The van der Waals surface area contributed by atoms with E-state index in [1.54, 1.807) is 11.8 Å². The van der Waals surface area contributed by atoms with Crippen LogP contribution >= 0.6 is 11.8 Å². The standard InChI is InChI=1S/C20H29NO4S/c1-2-18(25-17-9-4-3-5-10-17)20(24)21-16-8-6-7-15(13-16)14-26-12-11-19(22)23/h6-8,13,17-18H,2-5,9-12,14H2,1H3,(H,21,24)(H,22,23). The second kappa shape index (κ2) is 11.2. The summed E-state index contributed by atoms with van der Waals surface area (Å²) in [4.78, 5) is 23.1. The molecule has 0 bridgehead atoms. The Morgan fingerprint density at radius 1 is 1.31 bits per heavy atom. The molecule has 0 spiro atoms. The number of aliphatic carboxylic acids is 1. The van der Waals surface area contributed by atoms with Crippen molar-refractivity contribution in [2.24, 2.45) is 0 Å². The number of rotatable bonds is 10. The van der Waals surface area contributed by atoms with Crippen molar-refractivity contribution >= 4 is 29.3 Å². The summed E-state index contributed by atoms with van der Waals surface area (Å²) in [6.07, 6.45) is 6.35. The Bertz CT molecular complexity index is 587. The monoisotopic (exact) mass is 379 g/mol. The first-order chi connectivity index (χ1) is 12.6. The molecule has 1 amide bonds. The first kappa shape index (κ1) is 20.8. The molecule has 0 aromatic heterocycles. The molecule has 144 valence electrons. The van der Waals surface area contributed by atoms with Crippen molar-refractivity contribution in [3.63, 3.8) is 0 Å². The molecule has 0 saturated heterocycles. The highest BCUT2D eigenvalue weighted by molar-refractivity contribution is 7.98. The highest BCUT2D eigenvalue weighted by Crippen LogP contribution is 2.23. The Labute approximate surface area is 159 Å². The second-order valence-corrected chi connectivity index (χ2v) is 7.78. The molecule has 1 atom stereocenters. The summed E-state index contributed by atoms with van der Waals surface area (Å²) in [7, 11) is 0. The Morgan fingerprint density at radius 3 is 2.77 bits per heavy atom. The lowest BCUT2D eigenvalue weighted by Gasteiger charge is -2.26. The first-order valence-corrected chi connectivity index (χ1v) is 10.6. The molecular weight excluding hydrogens is 350 g/mol. The zero-order valence-corrected chi connectivity index (χ0v) is 16.2. The van der Waals surface area contributed by atoms with Crippen molar-refractivity contribution in [1.29, 1.82) is 0 Å². The lowest BCUT2D eigenvalue weighted by molar-refractivity contribution is -0.136. The van der Waals surface area contributed by atoms with Crippen molar-refractivity contribution in [3.05, 3.63) is 29.8 Å². The number of thioether (sulfide) groups is 1. The van der Waals surface area contributed by atoms with Gasteiger partial charge in [0.15, 0.2) is 0 Å². The predicted octanol–water partition coefficient (Wildman–Crippen LogP) is 4.46. The van der Waals surface area contributed by atoms with E-state index in [2.05, 4.69) is 5.32 Å². The largest absolute Gasteiger partial charge is 0.481 e. The van der Waals surface area contributed by atoms with Crippen LogP contribution in [-0.4, -0.2) is 34.9 Å². The molecule has 1 saturated carbocycles. The number of anilines is 1. The van der Waals surface area contributed by atoms with Gasteiger partial charge < -0.3 is 15.2 Å². The van der Waals surface area contributed by atoms with Gasteiger partial charge in [-0.3, -0.25) is 9.59 Å². The molecule has 0 aliphatic heterocycles. The topological polar surface area (TPSA) is 75.6 Å². The highest BCUT2D eigenvalue weighted by Gasteiger charge is 2.23. The van der Waals surface area contributed by atoms with E-state index in [1.807, 2.05) is 31.2 Å². The van der Waals surface area contributed by atoms with E-state index in [0.29, 0.717) is 12.2 Å². The minimum Gasteiger partial charge on any atom is -0.481 e. The smallest absolute Gasteiger partial charge is 0.304 e. The van der Waals surface area contributed by atoms with Crippen LogP contribution in [0.25, 0.3) is 0 Å². The molecule has 0 heterocycles. The molecule has 2 rings (SSSR count). The number of carbonyl (C=O) groups is 2. The maximum atomic E-state index is 12.6. The van der Waals surface area contributed by atoms with Gasteiger partial charge >= 0.3 is 5.97 Å². The van der Waals surface area contributed by atoms with Crippen molar-refractivity contribution in [2.75, 3.05) is 11.1 Å². The fourth-order valence-electron chi connectivity index (χ4n) is 3.09. The molecule has 2 N–H and O–H groups in total. The summed E-state index contributed by atoms with van der Waals surface area (Å²) in [5, 5.41) is 11.6. The van der Waals surface area contributed by atoms with Crippen LogP contribution in [0.2, 0.25) is 0 Å². The van der Waals surface area contributed by atoms with Crippen LogP contribution in [0.15, 0.2) is 24.3 Å². The molecule has 1 aromatic rings. The van der Waals surface area contributed by atoms with Crippen LogP contribution < -0.4 is 5.32 Å². The summed E-state index contributed by atoms with van der Waals surface area (Å²) < 4.78 is 6.03. The number of hydrogen-bond acceptors (Lipinski definition) is 4. The zero-order valence-electron chi connectivity index (χ0n) is 15.4. The van der Waals surface area contributed by atoms with E-state index in [0.717, 1.165) is 29.8 Å². The molecule has 1 aliphatic rings. The summed E-state index contributed by atoms with van der Waals surface area (Å²) in [6, 6.07) is 7.71. The van der Waals surface area contributed by atoms with Crippen LogP contribution in [0.1, 0.15) is 57.4 Å². The minimum atomic E-state index is -0.776. The summed E-state index contributed by atoms with van der Waals surface area (Å²) in [5.74, 6) is 0.446. The lowest BCUT2D eigenvalue weighted by atomic mass is 9.97. The third-order valence-electron chi connectivity index (χ3n) is 4.50. The Hall–Kier alpha value is -1.53. The Balaban J connectivity index is 1.84. The SMILES string of the molecule is CCC(OC1CCCCC1)C(=O)Nc1cccc(CSCCC(=O)O)c1.